The Morgan fingerprint density at radius 3 is 2.62 bits per heavy atom. The fourth-order valence-corrected chi connectivity index (χ4v) is 2.78. The first-order valence-electron chi connectivity index (χ1n) is 5.66. The Balaban J connectivity index is 1.97. The van der Waals surface area contributed by atoms with E-state index in [1.54, 1.807) is 0 Å². The monoisotopic (exact) mass is 238 g/mol. The molecule has 4 nitrogen and oxygen atoms in total. The normalized spacial score (nSPS) is 24.7. The van der Waals surface area contributed by atoms with Gasteiger partial charge in [0.25, 0.3) is 0 Å². The quantitative estimate of drug-likeness (QED) is 0.874. The van der Waals surface area contributed by atoms with E-state index < -0.39 is 0 Å². The van der Waals surface area contributed by atoms with Crippen LogP contribution in [-0.2, 0) is 0 Å². The lowest BCUT2D eigenvalue weighted by molar-refractivity contribution is 0.734. The summed E-state index contributed by atoms with van der Waals surface area (Å²) in [4.78, 5) is 4.40. The number of hydrogen-bond acceptors (Lipinski definition) is 5. The Kier molecular flexibility index (Phi) is 3.63. The molecule has 2 atom stereocenters. The van der Waals surface area contributed by atoms with Gasteiger partial charge in [0.1, 0.15) is 0 Å². The Bertz CT molecular complexity index is 369. The molecule has 16 heavy (non-hydrogen) atoms. The number of hydrogen-bond donors (Lipinski definition) is 1. The third-order valence-corrected chi connectivity index (χ3v) is 4.24. The van der Waals surface area contributed by atoms with E-state index >= 15 is 0 Å². The van der Waals surface area contributed by atoms with E-state index in [0.717, 1.165) is 16.6 Å². The van der Waals surface area contributed by atoms with Crippen molar-refractivity contribution in [1.29, 1.82) is 0 Å². The first-order valence-corrected chi connectivity index (χ1v) is 6.95. The van der Waals surface area contributed by atoms with E-state index in [9.17, 15) is 0 Å². The van der Waals surface area contributed by atoms with Crippen molar-refractivity contribution in [3.8, 4) is 0 Å². The zero-order chi connectivity index (χ0) is 11.5. The van der Waals surface area contributed by atoms with Crippen LogP contribution in [0.1, 0.15) is 30.7 Å². The Hall–Kier alpha value is -0.840. The molecular formula is C11H18N4S. The number of aryl methyl sites for hydroxylation is 2. The van der Waals surface area contributed by atoms with Crippen LogP contribution in [0.15, 0.2) is 0 Å². The molecule has 1 aromatic heterocycles. The third-order valence-electron chi connectivity index (χ3n) is 3.14. The van der Waals surface area contributed by atoms with Crippen molar-refractivity contribution in [3.05, 3.63) is 11.4 Å². The van der Waals surface area contributed by atoms with Crippen molar-refractivity contribution < 1.29 is 0 Å². The van der Waals surface area contributed by atoms with Crippen LogP contribution >= 0.6 is 11.8 Å². The lowest BCUT2D eigenvalue weighted by atomic mass is 10.2. The summed E-state index contributed by atoms with van der Waals surface area (Å²) in [6.07, 6.45) is 5.89. The van der Waals surface area contributed by atoms with Crippen molar-refractivity contribution in [2.45, 2.75) is 44.4 Å². The lowest BCUT2D eigenvalue weighted by Gasteiger charge is -2.12. The summed E-state index contributed by atoms with van der Waals surface area (Å²) in [6.45, 7) is 3.90. The van der Waals surface area contributed by atoms with E-state index in [-0.39, 0.29) is 0 Å². The second kappa shape index (κ2) is 4.99. The summed E-state index contributed by atoms with van der Waals surface area (Å²) in [5.74, 6) is 0.676. The molecular weight excluding hydrogens is 220 g/mol. The average molecular weight is 238 g/mol. The maximum atomic E-state index is 4.40. The third kappa shape index (κ3) is 2.64. The van der Waals surface area contributed by atoms with Crippen LogP contribution in [0.3, 0.4) is 0 Å². The van der Waals surface area contributed by atoms with Crippen LogP contribution in [0, 0.1) is 13.8 Å². The number of nitrogens with one attached hydrogen (secondary N) is 1. The Morgan fingerprint density at radius 2 is 2.00 bits per heavy atom. The fraction of sp³-hybridized carbons (Fsp3) is 0.727. The summed E-state index contributed by atoms with van der Waals surface area (Å²) < 4.78 is 0. The van der Waals surface area contributed by atoms with Crippen molar-refractivity contribution in [1.82, 2.24) is 15.2 Å². The van der Waals surface area contributed by atoms with Crippen LogP contribution in [0.4, 0.5) is 5.95 Å². The molecule has 0 radical (unpaired) electrons. The maximum Gasteiger partial charge on any atom is 0.243 e. The Morgan fingerprint density at radius 1 is 1.19 bits per heavy atom. The van der Waals surface area contributed by atoms with Gasteiger partial charge in [-0.05, 0) is 39.4 Å². The largest absolute Gasteiger partial charge is 0.350 e. The molecule has 1 aliphatic carbocycles. The molecule has 2 rings (SSSR count). The molecule has 0 saturated heterocycles. The smallest absolute Gasteiger partial charge is 0.243 e. The van der Waals surface area contributed by atoms with Crippen LogP contribution in [0.5, 0.6) is 0 Å². The minimum Gasteiger partial charge on any atom is -0.350 e. The minimum atomic E-state index is 0.515. The first kappa shape index (κ1) is 11.6. The van der Waals surface area contributed by atoms with Crippen molar-refractivity contribution in [2.75, 3.05) is 11.6 Å². The minimum absolute atomic E-state index is 0.515. The molecule has 0 amide bonds. The van der Waals surface area contributed by atoms with Gasteiger partial charge in [-0.2, -0.15) is 16.9 Å². The predicted molar refractivity (Wildman–Crippen MR) is 67.9 cm³/mol. The second-order valence-electron chi connectivity index (χ2n) is 4.32. The van der Waals surface area contributed by atoms with Gasteiger partial charge in [-0.25, -0.2) is 4.98 Å². The molecule has 1 N–H and O–H groups in total. The molecule has 0 aliphatic heterocycles. The van der Waals surface area contributed by atoms with E-state index in [2.05, 4.69) is 26.8 Å². The molecule has 0 spiro atoms. The van der Waals surface area contributed by atoms with Crippen LogP contribution in [-0.4, -0.2) is 32.7 Å². The van der Waals surface area contributed by atoms with Gasteiger partial charge in [0.15, 0.2) is 0 Å². The summed E-state index contributed by atoms with van der Waals surface area (Å²) in [5, 5.41) is 12.3. The molecule has 0 bridgehead atoms. The maximum absolute atomic E-state index is 4.40. The van der Waals surface area contributed by atoms with Gasteiger partial charge in [0.05, 0.1) is 11.4 Å². The highest BCUT2D eigenvalue weighted by atomic mass is 32.2. The van der Waals surface area contributed by atoms with Crippen molar-refractivity contribution in [2.24, 2.45) is 0 Å². The van der Waals surface area contributed by atoms with E-state index in [0.29, 0.717) is 12.0 Å². The van der Waals surface area contributed by atoms with Crippen molar-refractivity contribution in [3.63, 3.8) is 0 Å². The number of anilines is 1. The number of aromatic nitrogens is 3. The molecule has 2 unspecified atom stereocenters. The highest BCUT2D eigenvalue weighted by molar-refractivity contribution is 7.99. The predicted octanol–water partition coefficient (Wildman–Crippen LogP) is 2.18. The van der Waals surface area contributed by atoms with Gasteiger partial charge in [-0.1, -0.05) is 0 Å². The number of rotatable bonds is 3. The van der Waals surface area contributed by atoms with Crippen LogP contribution < -0.4 is 5.32 Å². The highest BCUT2D eigenvalue weighted by Gasteiger charge is 2.24. The number of thioether (sulfide) groups is 1. The SMILES string of the molecule is CSC1CCC(Nc2nnc(C)c(C)n2)C1. The van der Waals surface area contributed by atoms with Gasteiger partial charge in [0, 0.05) is 11.3 Å². The zero-order valence-electron chi connectivity index (χ0n) is 10.0. The summed E-state index contributed by atoms with van der Waals surface area (Å²) in [5.41, 5.74) is 1.86. The average Bonchev–Trinajstić information content (AvgIpc) is 2.71. The summed E-state index contributed by atoms with van der Waals surface area (Å²) in [6, 6.07) is 0.515. The molecule has 0 aromatic carbocycles. The van der Waals surface area contributed by atoms with Gasteiger partial charge >= 0.3 is 0 Å². The lowest BCUT2D eigenvalue weighted by Crippen LogP contribution is -2.18. The summed E-state index contributed by atoms with van der Waals surface area (Å²) in [7, 11) is 0. The van der Waals surface area contributed by atoms with E-state index in [4.69, 9.17) is 0 Å². The molecule has 1 aromatic rings. The van der Waals surface area contributed by atoms with Gasteiger partial charge in [-0.3, -0.25) is 0 Å². The van der Waals surface area contributed by atoms with Crippen LogP contribution in [0.2, 0.25) is 0 Å². The van der Waals surface area contributed by atoms with E-state index in [1.807, 2.05) is 25.6 Å². The Labute approximate surface area is 101 Å². The van der Waals surface area contributed by atoms with Gasteiger partial charge < -0.3 is 5.32 Å². The molecule has 5 heteroatoms. The van der Waals surface area contributed by atoms with Gasteiger partial charge in [-0.15, -0.1) is 5.10 Å². The molecule has 88 valence electrons. The fourth-order valence-electron chi connectivity index (χ4n) is 1.99. The zero-order valence-corrected chi connectivity index (χ0v) is 10.8. The standard InChI is InChI=1S/C11H18N4S/c1-7-8(2)14-15-11(12-7)13-9-4-5-10(6-9)16-3/h9-10H,4-6H2,1-3H3,(H,12,13,15). The molecule has 1 fully saturated rings. The highest BCUT2D eigenvalue weighted by Crippen LogP contribution is 2.29. The topological polar surface area (TPSA) is 50.7 Å². The first-order chi connectivity index (χ1) is 7.69. The van der Waals surface area contributed by atoms with Gasteiger partial charge in [0.2, 0.25) is 5.95 Å². The molecule has 1 heterocycles. The molecule has 1 aliphatic rings. The molecule has 1 saturated carbocycles. The van der Waals surface area contributed by atoms with Crippen molar-refractivity contribution >= 4 is 17.7 Å². The number of nitrogens with zero attached hydrogens (tertiary/aromatic N) is 3. The summed E-state index contributed by atoms with van der Waals surface area (Å²) >= 11 is 1.96. The second-order valence-corrected chi connectivity index (χ2v) is 5.46. The van der Waals surface area contributed by atoms with E-state index in [1.165, 1.54) is 19.3 Å². The van der Waals surface area contributed by atoms with Crippen LogP contribution in [0.25, 0.3) is 0 Å².